The molecule has 0 bridgehead atoms. The topological polar surface area (TPSA) is 49.3 Å². The van der Waals surface area contributed by atoms with Crippen LogP contribution in [0.15, 0.2) is 46.2 Å². The summed E-state index contributed by atoms with van der Waals surface area (Å²) in [6, 6.07) is 7.24. The number of alkyl halides is 3. The Hall–Kier alpha value is -1.84. The molecule has 0 spiro atoms. The Kier molecular flexibility index (Phi) is 5.84. The van der Waals surface area contributed by atoms with Crippen LogP contribution in [0, 0.1) is 11.6 Å². The zero-order valence-electron chi connectivity index (χ0n) is 13.0. The fraction of sp³-hybridized carbons (Fsp3) is 0.188. The van der Waals surface area contributed by atoms with Crippen molar-refractivity contribution < 1.29 is 31.9 Å². The third-order valence-corrected chi connectivity index (χ3v) is 4.60. The molecular formula is C16H11ClF5NO2S. The molecule has 2 aromatic rings. The SMILES string of the molecule is C[C@@](O)(C(=O)Nc1ccc(Sc2ccc(F)c(F)c2)cc1Cl)C(F)(F)F. The maximum Gasteiger partial charge on any atom is 0.426 e. The number of aliphatic hydroxyl groups is 1. The van der Waals surface area contributed by atoms with E-state index in [0.717, 1.165) is 23.9 Å². The minimum absolute atomic E-state index is 0.0936. The average molecular weight is 412 g/mol. The Labute approximate surface area is 154 Å². The van der Waals surface area contributed by atoms with Crippen molar-refractivity contribution in [2.75, 3.05) is 5.32 Å². The summed E-state index contributed by atoms with van der Waals surface area (Å²) < 4.78 is 64.1. The van der Waals surface area contributed by atoms with Crippen LogP contribution in [0.4, 0.5) is 27.6 Å². The highest BCUT2D eigenvalue weighted by Crippen LogP contribution is 2.35. The van der Waals surface area contributed by atoms with Crippen LogP contribution in [-0.4, -0.2) is 22.8 Å². The van der Waals surface area contributed by atoms with Crippen molar-refractivity contribution in [3.05, 3.63) is 53.1 Å². The fourth-order valence-corrected chi connectivity index (χ4v) is 2.89. The molecule has 26 heavy (non-hydrogen) atoms. The van der Waals surface area contributed by atoms with Crippen LogP contribution in [0.3, 0.4) is 0 Å². The van der Waals surface area contributed by atoms with Gasteiger partial charge in [-0.25, -0.2) is 8.78 Å². The van der Waals surface area contributed by atoms with Gasteiger partial charge in [0.25, 0.3) is 5.91 Å². The van der Waals surface area contributed by atoms with Gasteiger partial charge in [-0.05, 0) is 43.3 Å². The van der Waals surface area contributed by atoms with E-state index in [9.17, 15) is 31.9 Å². The van der Waals surface area contributed by atoms with Gasteiger partial charge in [-0.15, -0.1) is 0 Å². The molecule has 0 saturated carbocycles. The summed E-state index contributed by atoms with van der Waals surface area (Å²) >= 11 is 6.96. The number of nitrogens with one attached hydrogen (secondary N) is 1. The van der Waals surface area contributed by atoms with Gasteiger partial charge in [0, 0.05) is 9.79 Å². The highest BCUT2D eigenvalue weighted by molar-refractivity contribution is 7.99. The standard InChI is InChI=1S/C16H11ClF5NO2S/c1-15(25,16(20,21)22)14(24)23-13-5-3-8(6-10(13)17)26-9-2-4-11(18)12(19)7-9/h2-7,25H,1H3,(H,23,24)/t15-/m1/s1. The second-order valence-electron chi connectivity index (χ2n) is 5.34. The van der Waals surface area contributed by atoms with Crippen molar-refractivity contribution >= 4 is 35.0 Å². The lowest BCUT2D eigenvalue weighted by Gasteiger charge is -2.25. The smallest absolute Gasteiger partial charge is 0.373 e. The lowest BCUT2D eigenvalue weighted by Crippen LogP contribution is -2.52. The predicted molar refractivity (Wildman–Crippen MR) is 87.2 cm³/mol. The van der Waals surface area contributed by atoms with Crippen molar-refractivity contribution in [1.29, 1.82) is 0 Å². The normalized spacial score (nSPS) is 14.0. The molecule has 2 aromatic carbocycles. The van der Waals surface area contributed by atoms with E-state index in [2.05, 4.69) is 0 Å². The highest BCUT2D eigenvalue weighted by atomic mass is 35.5. The summed E-state index contributed by atoms with van der Waals surface area (Å²) in [5, 5.41) is 11.1. The van der Waals surface area contributed by atoms with E-state index in [1.165, 1.54) is 24.3 Å². The lowest BCUT2D eigenvalue weighted by molar-refractivity contribution is -0.242. The molecule has 10 heteroatoms. The molecular weight excluding hydrogens is 401 g/mol. The maximum absolute atomic E-state index is 13.2. The van der Waals surface area contributed by atoms with E-state index >= 15 is 0 Å². The van der Waals surface area contributed by atoms with Crippen molar-refractivity contribution in [3.63, 3.8) is 0 Å². The fourth-order valence-electron chi connectivity index (χ4n) is 1.71. The Morgan fingerprint density at radius 2 is 1.65 bits per heavy atom. The number of rotatable bonds is 4. The number of hydrogen-bond donors (Lipinski definition) is 2. The second kappa shape index (κ2) is 7.42. The van der Waals surface area contributed by atoms with Crippen LogP contribution in [0.1, 0.15) is 6.92 Å². The van der Waals surface area contributed by atoms with Crippen molar-refractivity contribution in [2.45, 2.75) is 28.5 Å². The van der Waals surface area contributed by atoms with Gasteiger partial charge in [0.15, 0.2) is 11.6 Å². The predicted octanol–water partition coefficient (Wildman–Crippen LogP) is 5.02. The molecule has 3 nitrogen and oxygen atoms in total. The molecule has 0 aromatic heterocycles. The van der Waals surface area contributed by atoms with Crippen molar-refractivity contribution in [1.82, 2.24) is 0 Å². The zero-order chi connectivity index (χ0) is 19.7. The van der Waals surface area contributed by atoms with Gasteiger partial charge in [-0.2, -0.15) is 13.2 Å². The van der Waals surface area contributed by atoms with Crippen molar-refractivity contribution in [3.8, 4) is 0 Å². The Morgan fingerprint density at radius 1 is 1.08 bits per heavy atom. The summed E-state index contributed by atoms with van der Waals surface area (Å²) in [7, 11) is 0. The molecule has 2 N–H and O–H groups in total. The third kappa shape index (κ3) is 4.46. The summed E-state index contributed by atoms with van der Waals surface area (Å²) in [5.74, 6) is -3.71. The average Bonchev–Trinajstić information content (AvgIpc) is 2.52. The molecule has 0 fully saturated rings. The van der Waals surface area contributed by atoms with Gasteiger partial charge in [0.1, 0.15) is 0 Å². The molecule has 0 radical (unpaired) electrons. The molecule has 2 rings (SSSR count). The molecule has 1 amide bonds. The first-order valence-electron chi connectivity index (χ1n) is 6.95. The molecule has 0 aliphatic heterocycles. The monoisotopic (exact) mass is 411 g/mol. The van der Waals surface area contributed by atoms with Crippen LogP contribution in [-0.2, 0) is 4.79 Å². The maximum atomic E-state index is 13.2. The highest BCUT2D eigenvalue weighted by Gasteiger charge is 2.55. The van der Waals surface area contributed by atoms with Gasteiger partial charge in [-0.1, -0.05) is 23.4 Å². The number of halogens is 6. The molecule has 0 unspecified atom stereocenters. The summed E-state index contributed by atoms with van der Waals surface area (Å²) in [5.41, 5.74) is -3.73. The van der Waals surface area contributed by atoms with Gasteiger partial charge in [0.05, 0.1) is 10.7 Å². The summed E-state index contributed by atoms with van der Waals surface area (Å²) in [6.45, 7) is 0.323. The number of carbonyl (C=O) groups is 1. The van der Waals surface area contributed by atoms with Gasteiger partial charge in [-0.3, -0.25) is 4.79 Å². The van der Waals surface area contributed by atoms with E-state index < -0.39 is 29.3 Å². The van der Waals surface area contributed by atoms with Gasteiger partial charge >= 0.3 is 6.18 Å². The largest absolute Gasteiger partial charge is 0.426 e. The molecule has 0 aliphatic rings. The van der Waals surface area contributed by atoms with Crippen LogP contribution in [0.2, 0.25) is 5.02 Å². The Bertz CT molecular complexity index is 842. The van der Waals surface area contributed by atoms with Crippen LogP contribution in [0.5, 0.6) is 0 Å². The second-order valence-corrected chi connectivity index (χ2v) is 6.90. The Balaban J connectivity index is 2.17. The van der Waals surface area contributed by atoms with Gasteiger partial charge in [0.2, 0.25) is 5.60 Å². The van der Waals surface area contributed by atoms with Crippen LogP contribution in [0.25, 0.3) is 0 Å². The number of amides is 1. The first-order chi connectivity index (χ1) is 11.9. The molecule has 0 heterocycles. The van der Waals surface area contributed by atoms with Crippen molar-refractivity contribution in [2.24, 2.45) is 0 Å². The van der Waals surface area contributed by atoms with E-state index in [4.69, 9.17) is 11.6 Å². The molecule has 140 valence electrons. The minimum atomic E-state index is -5.16. The lowest BCUT2D eigenvalue weighted by atomic mass is 10.1. The van der Waals surface area contributed by atoms with E-state index in [1.54, 1.807) is 0 Å². The number of hydrogen-bond acceptors (Lipinski definition) is 3. The Morgan fingerprint density at radius 3 is 2.19 bits per heavy atom. The number of benzene rings is 2. The van der Waals surface area contributed by atoms with Gasteiger partial charge < -0.3 is 10.4 Å². The molecule has 0 saturated heterocycles. The first kappa shape index (κ1) is 20.5. The third-order valence-electron chi connectivity index (χ3n) is 3.31. The van der Waals surface area contributed by atoms with Crippen LogP contribution >= 0.6 is 23.4 Å². The van der Waals surface area contributed by atoms with Crippen LogP contribution < -0.4 is 5.32 Å². The van der Waals surface area contributed by atoms with E-state index in [0.29, 0.717) is 16.7 Å². The molecule has 1 atom stereocenters. The number of anilines is 1. The quantitative estimate of drug-likeness (QED) is 0.694. The molecule has 0 aliphatic carbocycles. The summed E-state index contributed by atoms with van der Waals surface area (Å²) in [4.78, 5) is 12.5. The summed E-state index contributed by atoms with van der Waals surface area (Å²) in [6.07, 6.45) is -5.16. The number of carbonyl (C=O) groups excluding carboxylic acids is 1. The van der Waals surface area contributed by atoms with E-state index in [1.807, 2.05) is 5.32 Å². The van der Waals surface area contributed by atoms with E-state index in [-0.39, 0.29) is 10.7 Å². The zero-order valence-corrected chi connectivity index (χ0v) is 14.6. The first-order valence-corrected chi connectivity index (χ1v) is 8.14. The minimum Gasteiger partial charge on any atom is -0.373 e.